The molecule has 1 aromatic carbocycles. The minimum absolute atomic E-state index is 0.125. The van der Waals surface area contributed by atoms with Crippen LogP contribution in [-0.4, -0.2) is 65.6 Å². The number of hydrogen-bond donors (Lipinski definition) is 1. The molecule has 4 atom stereocenters. The van der Waals surface area contributed by atoms with Crippen LogP contribution in [-0.2, 0) is 16.0 Å². The third-order valence-electron chi connectivity index (χ3n) is 8.28. The molecule has 1 aromatic rings. The Balaban J connectivity index is 1.84. The van der Waals surface area contributed by atoms with Gasteiger partial charge in [-0.1, -0.05) is 66.0 Å². The van der Waals surface area contributed by atoms with Crippen LogP contribution in [0.15, 0.2) is 18.2 Å². The summed E-state index contributed by atoms with van der Waals surface area (Å²) in [5, 5.41) is 10.5. The van der Waals surface area contributed by atoms with Gasteiger partial charge < -0.3 is 14.7 Å². The summed E-state index contributed by atoms with van der Waals surface area (Å²) < 4.78 is 5.69. The van der Waals surface area contributed by atoms with Crippen LogP contribution >= 0.6 is 0 Å². The molecule has 37 heavy (non-hydrogen) atoms. The number of likely N-dealkylation sites (tertiary alicyclic amines) is 1. The SMILES string of the molecule is CCCCN(CCCC(C)C)C(=O)CN1CC(c2ccc3c(c2)CCO3)[C@@H](C(=O)O)C1CC(C)CCC. The van der Waals surface area contributed by atoms with Crippen LogP contribution in [0.3, 0.4) is 0 Å². The third-order valence-corrected chi connectivity index (χ3v) is 8.28. The van der Waals surface area contributed by atoms with E-state index in [-0.39, 0.29) is 17.9 Å². The van der Waals surface area contributed by atoms with Gasteiger partial charge in [0.2, 0.25) is 5.91 Å². The molecular weight excluding hydrogens is 464 g/mol. The van der Waals surface area contributed by atoms with E-state index in [9.17, 15) is 14.7 Å². The van der Waals surface area contributed by atoms with Crippen LogP contribution in [0.5, 0.6) is 5.75 Å². The lowest BCUT2D eigenvalue weighted by Crippen LogP contribution is -2.45. The molecule has 0 spiro atoms. The van der Waals surface area contributed by atoms with Gasteiger partial charge in [0.25, 0.3) is 0 Å². The summed E-state index contributed by atoms with van der Waals surface area (Å²) in [6, 6.07) is 6.06. The van der Waals surface area contributed by atoms with E-state index >= 15 is 0 Å². The lowest BCUT2D eigenvalue weighted by Gasteiger charge is -2.31. The van der Waals surface area contributed by atoms with E-state index < -0.39 is 11.9 Å². The number of hydrogen-bond acceptors (Lipinski definition) is 4. The summed E-state index contributed by atoms with van der Waals surface area (Å²) in [5.41, 5.74) is 2.24. The van der Waals surface area contributed by atoms with E-state index in [1.165, 1.54) is 5.56 Å². The van der Waals surface area contributed by atoms with Crippen LogP contribution in [0.2, 0.25) is 0 Å². The lowest BCUT2D eigenvalue weighted by atomic mass is 9.81. The Morgan fingerprint density at radius 3 is 2.54 bits per heavy atom. The Kier molecular flexibility index (Phi) is 11.3. The van der Waals surface area contributed by atoms with Crippen molar-refractivity contribution in [3.63, 3.8) is 0 Å². The minimum Gasteiger partial charge on any atom is -0.493 e. The number of ether oxygens (including phenoxy) is 1. The number of carboxylic acids is 1. The van der Waals surface area contributed by atoms with Crippen molar-refractivity contribution < 1.29 is 19.4 Å². The average molecular weight is 515 g/mol. The zero-order valence-corrected chi connectivity index (χ0v) is 23.9. The maximum atomic E-state index is 13.6. The minimum atomic E-state index is -0.745. The van der Waals surface area contributed by atoms with Crippen molar-refractivity contribution in [2.75, 3.05) is 32.8 Å². The first-order chi connectivity index (χ1) is 17.7. The van der Waals surface area contributed by atoms with E-state index in [2.05, 4.69) is 45.6 Å². The largest absolute Gasteiger partial charge is 0.493 e. The first kappa shape index (κ1) is 29.5. The molecule has 6 nitrogen and oxygen atoms in total. The average Bonchev–Trinajstić information content (AvgIpc) is 3.45. The maximum Gasteiger partial charge on any atom is 0.308 e. The molecule has 2 aliphatic rings. The topological polar surface area (TPSA) is 70.1 Å². The molecular formula is C31H50N2O4. The fourth-order valence-corrected chi connectivity index (χ4v) is 6.26. The Bertz CT molecular complexity index is 886. The summed E-state index contributed by atoms with van der Waals surface area (Å²) in [6.45, 7) is 14.2. The summed E-state index contributed by atoms with van der Waals surface area (Å²) >= 11 is 0. The highest BCUT2D eigenvalue weighted by molar-refractivity contribution is 5.79. The van der Waals surface area contributed by atoms with Gasteiger partial charge in [0.05, 0.1) is 19.1 Å². The normalized spacial score (nSPS) is 22.2. The Morgan fingerprint density at radius 1 is 1.11 bits per heavy atom. The zero-order chi connectivity index (χ0) is 26.9. The Hall–Kier alpha value is -2.08. The van der Waals surface area contributed by atoms with Gasteiger partial charge in [-0.05, 0) is 54.7 Å². The molecule has 0 aliphatic carbocycles. The van der Waals surface area contributed by atoms with Gasteiger partial charge in [-0.2, -0.15) is 0 Å². The predicted octanol–water partition coefficient (Wildman–Crippen LogP) is 5.98. The molecule has 1 N–H and O–H groups in total. The fourth-order valence-electron chi connectivity index (χ4n) is 6.26. The fraction of sp³-hybridized carbons (Fsp3) is 0.742. The molecule has 3 unspecified atom stereocenters. The van der Waals surface area contributed by atoms with Gasteiger partial charge in [-0.25, -0.2) is 0 Å². The Morgan fingerprint density at radius 2 is 1.86 bits per heavy atom. The molecule has 208 valence electrons. The Labute approximate surface area is 224 Å². The standard InChI is InChI=1S/C31H50N2O4/c1-6-8-15-32(16-9-11-22(3)4)29(34)21-33-20-26(24-12-13-28-25(19-24)14-17-37-28)30(31(35)36)27(33)18-23(5)10-7-2/h12-13,19,22-23,26-27,30H,6-11,14-18,20-21H2,1-5H3,(H,35,36)/t23?,26?,27?,30-/m1/s1. The van der Waals surface area contributed by atoms with Crippen molar-refractivity contribution in [1.82, 2.24) is 9.80 Å². The van der Waals surface area contributed by atoms with Crippen molar-refractivity contribution >= 4 is 11.9 Å². The van der Waals surface area contributed by atoms with Crippen LogP contribution in [0, 0.1) is 17.8 Å². The van der Waals surface area contributed by atoms with Crippen LogP contribution < -0.4 is 4.74 Å². The number of unbranched alkanes of at least 4 members (excludes halogenated alkanes) is 1. The van der Waals surface area contributed by atoms with Crippen LogP contribution in [0.1, 0.15) is 96.6 Å². The highest BCUT2D eigenvalue weighted by Gasteiger charge is 2.47. The number of aliphatic carboxylic acids is 1. The van der Waals surface area contributed by atoms with Gasteiger partial charge in [0, 0.05) is 38.0 Å². The molecule has 0 saturated carbocycles. The van der Waals surface area contributed by atoms with Crippen molar-refractivity contribution in [2.24, 2.45) is 17.8 Å². The van der Waals surface area contributed by atoms with Crippen molar-refractivity contribution in [2.45, 2.75) is 97.9 Å². The zero-order valence-electron chi connectivity index (χ0n) is 23.9. The second kappa shape index (κ2) is 14.2. The molecule has 0 aromatic heterocycles. The quantitative estimate of drug-likeness (QED) is 0.312. The number of carbonyl (C=O) groups is 2. The summed E-state index contributed by atoms with van der Waals surface area (Å²) in [4.78, 5) is 30.6. The highest BCUT2D eigenvalue weighted by atomic mass is 16.5. The van der Waals surface area contributed by atoms with Crippen molar-refractivity contribution in [3.8, 4) is 5.75 Å². The highest BCUT2D eigenvalue weighted by Crippen LogP contribution is 2.42. The summed E-state index contributed by atoms with van der Waals surface area (Å²) in [5.74, 6) is 0.728. The molecule has 1 amide bonds. The first-order valence-electron chi connectivity index (χ1n) is 14.7. The van der Waals surface area contributed by atoms with Gasteiger partial charge in [-0.3, -0.25) is 14.5 Å². The molecule has 3 rings (SSSR count). The van der Waals surface area contributed by atoms with Gasteiger partial charge in [-0.15, -0.1) is 0 Å². The maximum absolute atomic E-state index is 13.6. The number of amides is 1. The summed E-state index contributed by atoms with van der Waals surface area (Å²) in [6.07, 6.45) is 8.02. The molecule has 0 bridgehead atoms. The van der Waals surface area contributed by atoms with Crippen LogP contribution in [0.25, 0.3) is 0 Å². The predicted molar refractivity (Wildman–Crippen MR) is 149 cm³/mol. The lowest BCUT2D eigenvalue weighted by molar-refractivity contribution is -0.144. The van der Waals surface area contributed by atoms with E-state index in [0.29, 0.717) is 31.5 Å². The van der Waals surface area contributed by atoms with Gasteiger partial charge in [0.1, 0.15) is 5.75 Å². The molecule has 0 radical (unpaired) electrons. The summed E-state index contributed by atoms with van der Waals surface area (Å²) in [7, 11) is 0. The number of benzene rings is 1. The van der Waals surface area contributed by atoms with Crippen molar-refractivity contribution in [1.29, 1.82) is 0 Å². The molecule has 2 aliphatic heterocycles. The first-order valence-corrected chi connectivity index (χ1v) is 14.7. The third kappa shape index (κ3) is 7.95. The number of nitrogens with zero attached hydrogens (tertiary/aromatic N) is 2. The van der Waals surface area contributed by atoms with E-state index in [4.69, 9.17) is 4.74 Å². The van der Waals surface area contributed by atoms with Crippen molar-refractivity contribution in [3.05, 3.63) is 29.3 Å². The van der Waals surface area contributed by atoms with E-state index in [0.717, 1.165) is 75.8 Å². The van der Waals surface area contributed by atoms with Gasteiger partial charge in [0.15, 0.2) is 0 Å². The van der Waals surface area contributed by atoms with E-state index in [1.54, 1.807) is 0 Å². The number of carboxylic acid groups (broad SMARTS) is 1. The smallest absolute Gasteiger partial charge is 0.308 e. The number of fused-ring (bicyclic) bond motifs is 1. The molecule has 1 fully saturated rings. The number of carbonyl (C=O) groups excluding carboxylic acids is 1. The second-order valence-corrected chi connectivity index (χ2v) is 11.8. The van der Waals surface area contributed by atoms with Crippen LogP contribution in [0.4, 0.5) is 0 Å². The molecule has 1 saturated heterocycles. The number of rotatable bonds is 15. The molecule has 2 heterocycles. The molecule has 6 heteroatoms. The van der Waals surface area contributed by atoms with Gasteiger partial charge >= 0.3 is 5.97 Å². The van der Waals surface area contributed by atoms with E-state index in [1.807, 2.05) is 17.0 Å². The second-order valence-electron chi connectivity index (χ2n) is 11.8. The monoisotopic (exact) mass is 514 g/mol.